The van der Waals surface area contributed by atoms with Crippen molar-refractivity contribution in [2.75, 3.05) is 13.1 Å². The van der Waals surface area contributed by atoms with Gasteiger partial charge in [0, 0.05) is 19.5 Å². The number of rotatable bonds is 4. The van der Waals surface area contributed by atoms with E-state index < -0.39 is 0 Å². The van der Waals surface area contributed by atoms with Crippen molar-refractivity contribution in [2.24, 2.45) is 5.92 Å². The topological polar surface area (TPSA) is 38.1 Å². The molecule has 1 aliphatic heterocycles. The van der Waals surface area contributed by atoms with Gasteiger partial charge in [0.1, 0.15) is 12.4 Å². The van der Waals surface area contributed by atoms with Crippen LogP contribution in [0.25, 0.3) is 11.0 Å². The van der Waals surface area contributed by atoms with Gasteiger partial charge in [-0.05, 0) is 48.9 Å². The number of para-hydroxylation sites is 2. The lowest BCUT2D eigenvalue weighted by atomic mass is 9.99. The van der Waals surface area contributed by atoms with Crippen molar-refractivity contribution in [3.8, 4) is 0 Å². The normalized spacial score (nSPS) is 15.4. The largest absolute Gasteiger partial charge is 0.341 e. The third-order valence-corrected chi connectivity index (χ3v) is 5.77. The minimum atomic E-state index is 0.205. The molecule has 1 aromatic heterocycles. The fraction of sp³-hybridized carbons (Fsp3) is 0.391. The molecule has 1 saturated heterocycles. The molecule has 3 aromatic rings. The number of fused-ring (bicyclic) bond motifs is 1. The first-order valence-electron chi connectivity index (χ1n) is 9.88. The van der Waals surface area contributed by atoms with E-state index in [-0.39, 0.29) is 5.91 Å². The SMILES string of the molecule is Cc1ccccc1Cc1nc2ccccc2n1CC(=O)N1CCC(C)CC1. The van der Waals surface area contributed by atoms with Gasteiger partial charge in [-0.1, -0.05) is 43.3 Å². The lowest BCUT2D eigenvalue weighted by Gasteiger charge is -2.30. The van der Waals surface area contributed by atoms with E-state index >= 15 is 0 Å². The molecule has 0 N–H and O–H groups in total. The van der Waals surface area contributed by atoms with E-state index in [4.69, 9.17) is 4.98 Å². The molecule has 0 unspecified atom stereocenters. The van der Waals surface area contributed by atoms with Crippen molar-refractivity contribution in [3.05, 3.63) is 65.5 Å². The Morgan fingerprint density at radius 2 is 1.78 bits per heavy atom. The summed E-state index contributed by atoms with van der Waals surface area (Å²) in [6.07, 6.45) is 2.95. The Morgan fingerprint density at radius 3 is 2.56 bits per heavy atom. The molecule has 2 aromatic carbocycles. The fourth-order valence-electron chi connectivity index (χ4n) is 3.91. The maximum Gasteiger partial charge on any atom is 0.242 e. The van der Waals surface area contributed by atoms with Crippen LogP contribution in [0.2, 0.25) is 0 Å². The number of aromatic nitrogens is 2. The molecular formula is C23H27N3O. The molecule has 1 amide bonds. The second-order valence-corrected chi connectivity index (χ2v) is 7.77. The molecule has 0 spiro atoms. The second-order valence-electron chi connectivity index (χ2n) is 7.77. The number of likely N-dealkylation sites (tertiary alicyclic amines) is 1. The Balaban J connectivity index is 1.64. The molecule has 4 nitrogen and oxygen atoms in total. The maximum absolute atomic E-state index is 13.0. The zero-order valence-electron chi connectivity index (χ0n) is 16.2. The quantitative estimate of drug-likeness (QED) is 0.699. The number of hydrogen-bond acceptors (Lipinski definition) is 2. The Labute approximate surface area is 160 Å². The van der Waals surface area contributed by atoms with Crippen LogP contribution in [0.15, 0.2) is 48.5 Å². The van der Waals surface area contributed by atoms with Gasteiger partial charge in [0.25, 0.3) is 0 Å². The van der Waals surface area contributed by atoms with Crippen LogP contribution in [0.3, 0.4) is 0 Å². The highest BCUT2D eigenvalue weighted by Crippen LogP contribution is 2.21. The molecule has 2 heterocycles. The highest BCUT2D eigenvalue weighted by atomic mass is 16.2. The van der Waals surface area contributed by atoms with Gasteiger partial charge in [-0.3, -0.25) is 4.79 Å². The van der Waals surface area contributed by atoms with Crippen LogP contribution >= 0.6 is 0 Å². The van der Waals surface area contributed by atoms with Gasteiger partial charge >= 0.3 is 0 Å². The van der Waals surface area contributed by atoms with Gasteiger partial charge in [0.15, 0.2) is 0 Å². The second kappa shape index (κ2) is 7.55. The average molecular weight is 361 g/mol. The van der Waals surface area contributed by atoms with E-state index in [0.717, 1.165) is 55.1 Å². The molecule has 0 radical (unpaired) electrons. The van der Waals surface area contributed by atoms with Crippen molar-refractivity contribution in [2.45, 2.75) is 39.7 Å². The van der Waals surface area contributed by atoms with Crippen LogP contribution in [0.5, 0.6) is 0 Å². The molecule has 4 heteroatoms. The number of hydrogen-bond donors (Lipinski definition) is 0. The third-order valence-electron chi connectivity index (χ3n) is 5.77. The van der Waals surface area contributed by atoms with Crippen LogP contribution in [0.1, 0.15) is 36.7 Å². The summed E-state index contributed by atoms with van der Waals surface area (Å²) in [4.78, 5) is 19.8. The summed E-state index contributed by atoms with van der Waals surface area (Å²) in [6, 6.07) is 16.5. The maximum atomic E-state index is 13.0. The third kappa shape index (κ3) is 3.75. The molecule has 1 aliphatic rings. The van der Waals surface area contributed by atoms with Crippen molar-refractivity contribution in [3.63, 3.8) is 0 Å². The van der Waals surface area contributed by atoms with Crippen LogP contribution < -0.4 is 0 Å². The number of benzene rings is 2. The molecule has 4 rings (SSSR count). The van der Waals surface area contributed by atoms with Crippen LogP contribution in [-0.4, -0.2) is 33.4 Å². The van der Waals surface area contributed by atoms with Crippen molar-refractivity contribution in [1.29, 1.82) is 0 Å². The first kappa shape index (κ1) is 17.8. The Bertz CT molecular complexity index is 951. The first-order chi connectivity index (χ1) is 13.1. The van der Waals surface area contributed by atoms with E-state index in [1.807, 2.05) is 23.1 Å². The summed E-state index contributed by atoms with van der Waals surface area (Å²) >= 11 is 0. The summed E-state index contributed by atoms with van der Waals surface area (Å²) in [5, 5.41) is 0. The van der Waals surface area contributed by atoms with Gasteiger partial charge in [0.05, 0.1) is 11.0 Å². The first-order valence-corrected chi connectivity index (χ1v) is 9.88. The Hall–Kier alpha value is -2.62. The number of nitrogens with zero attached hydrogens (tertiary/aromatic N) is 3. The summed E-state index contributed by atoms with van der Waals surface area (Å²) in [6.45, 7) is 6.52. The zero-order valence-corrected chi connectivity index (χ0v) is 16.2. The summed E-state index contributed by atoms with van der Waals surface area (Å²) < 4.78 is 2.11. The minimum absolute atomic E-state index is 0.205. The van der Waals surface area contributed by atoms with E-state index in [1.54, 1.807) is 0 Å². The van der Waals surface area contributed by atoms with Gasteiger partial charge in [-0.25, -0.2) is 4.98 Å². The van der Waals surface area contributed by atoms with E-state index in [1.165, 1.54) is 11.1 Å². The number of piperidine rings is 1. The molecule has 1 fully saturated rings. The van der Waals surface area contributed by atoms with Gasteiger partial charge < -0.3 is 9.47 Å². The van der Waals surface area contributed by atoms with Gasteiger partial charge in [0.2, 0.25) is 5.91 Å². The smallest absolute Gasteiger partial charge is 0.242 e. The van der Waals surface area contributed by atoms with E-state index in [9.17, 15) is 4.79 Å². The number of carbonyl (C=O) groups is 1. The molecular weight excluding hydrogens is 334 g/mol. The lowest BCUT2D eigenvalue weighted by molar-refractivity contribution is -0.133. The summed E-state index contributed by atoms with van der Waals surface area (Å²) in [7, 11) is 0. The van der Waals surface area contributed by atoms with Crippen molar-refractivity contribution >= 4 is 16.9 Å². The highest BCUT2D eigenvalue weighted by molar-refractivity contribution is 5.81. The van der Waals surface area contributed by atoms with Gasteiger partial charge in [-0.2, -0.15) is 0 Å². The molecule has 140 valence electrons. The van der Waals surface area contributed by atoms with Crippen LogP contribution in [0, 0.1) is 12.8 Å². The van der Waals surface area contributed by atoms with Crippen molar-refractivity contribution in [1.82, 2.24) is 14.5 Å². The molecule has 0 aliphatic carbocycles. The molecule has 0 atom stereocenters. The molecule has 0 bridgehead atoms. The minimum Gasteiger partial charge on any atom is -0.341 e. The number of aryl methyl sites for hydroxylation is 1. The molecule has 0 saturated carbocycles. The monoisotopic (exact) mass is 361 g/mol. The summed E-state index contributed by atoms with van der Waals surface area (Å²) in [5.41, 5.74) is 4.52. The number of amides is 1. The number of imidazole rings is 1. The van der Waals surface area contributed by atoms with Crippen LogP contribution in [-0.2, 0) is 17.8 Å². The van der Waals surface area contributed by atoms with E-state index in [2.05, 4.69) is 48.7 Å². The van der Waals surface area contributed by atoms with Crippen LogP contribution in [0.4, 0.5) is 0 Å². The standard InChI is InChI=1S/C23H27N3O/c1-17-11-13-25(14-12-17)23(27)16-26-21-10-6-5-9-20(21)24-22(26)15-19-8-4-3-7-18(19)2/h3-10,17H,11-16H2,1-2H3. The fourth-order valence-corrected chi connectivity index (χ4v) is 3.91. The van der Waals surface area contributed by atoms with E-state index in [0.29, 0.717) is 6.54 Å². The van der Waals surface area contributed by atoms with Crippen molar-refractivity contribution < 1.29 is 4.79 Å². The molecule has 27 heavy (non-hydrogen) atoms. The predicted octanol–water partition coefficient (Wildman–Crippen LogP) is 4.19. The highest BCUT2D eigenvalue weighted by Gasteiger charge is 2.22. The number of carbonyl (C=O) groups excluding carboxylic acids is 1. The Morgan fingerprint density at radius 1 is 1.07 bits per heavy atom. The predicted molar refractivity (Wildman–Crippen MR) is 109 cm³/mol. The lowest BCUT2D eigenvalue weighted by Crippen LogP contribution is -2.39. The Kier molecular flexibility index (Phi) is 4.97. The van der Waals surface area contributed by atoms with Gasteiger partial charge in [-0.15, -0.1) is 0 Å². The summed E-state index contributed by atoms with van der Waals surface area (Å²) in [5.74, 6) is 1.89. The zero-order chi connectivity index (χ0) is 18.8. The average Bonchev–Trinajstić information content (AvgIpc) is 3.01.